The highest BCUT2D eigenvalue weighted by Gasteiger charge is 2.31. The summed E-state index contributed by atoms with van der Waals surface area (Å²) in [5, 5.41) is 12.0. The maximum Gasteiger partial charge on any atom is 0.126 e. The number of nitriles is 1. The number of ether oxygens (including phenoxy) is 1. The molecule has 2 saturated heterocycles. The highest BCUT2D eigenvalue weighted by Crippen LogP contribution is 2.22. The summed E-state index contributed by atoms with van der Waals surface area (Å²) < 4.78 is 5.87. The number of pyridine rings is 1. The van der Waals surface area contributed by atoms with Crippen LogP contribution in [-0.2, 0) is 4.74 Å². The number of hydrogen-bond acceptors (Lipinski definition) is 5. The number of nitrogens with zero attached hydrogens (tertiary/aromatic N) is 3. The van der Waals surface area contributed by atoms with Crippen molar-refractivity contribution in [3.05, 3.63) is 23.9 Å². The van der Waals surface area contributed by atoms with E-state index in [1.54, 1.807) is 12.3 Å². The van der Waals surface area contributed by atoms with Crippen molar-refractivity contribution in [2.45, 2.75) is 25.0 Å². The Labute approximate surface area is 113 Å². The molecule has 1 N–H and O–H groups in total. The standard InChI is InChI=1S/C14H18N4O/c15-6-11-3-4-14(16-7-11)17-8-13-9-18-5-1-2-12(18)10-19-13/h3-4,7,12-13H,1-2,5,8-10H2,(H,16,17). The molecule has 2 aliphatic rings. The molecule has 100 valence electrons. The van der Waals surface area contributed by atoms with Crippen molar-refractivity contribution < 1.29 is 4.74 Å². The van der Waals surface area contributed by atoms with Crippen molar-refractivity contribution in [1.29, 1.82) is 5.26 Å². The molecule has 2 unspecified atom stereocenters. The zero-order valence-electron chi connectivity index (χ0n) is 10.9. The van der Waals surface area contributed by atoms with Crippen LogP contribution in [0, 0.1) is 11.3 Å². The molecule has 19 heavy (non-hydrogen) atoms. The predicted octanol–water partition coefficient (Wildman–Crippen LogP) is 1.23. The Morgan fingerprint density at radius 1 is 1.53 bits per heavy atom. The molecule has 5 heteroatoms. The molecular weight excluding hydrogens is 240 g/mol. The van der Waals surface area contributed by atoms with Crippen LogP contribution in [0.4, 0.5) is 5.82 Å². The summed E-state index contributed by atoms with van der Waals surface area (Å²) in [6, 6.07) is 6.31. The molecule has 3 rings (SSSR count). The first-order valence-corrected chi connectivity index (χ1v) is 6.81. The molecule has 0 bridgehead atoms. The number of rotatable bonds is 3. The fourth-order valence-corrected chi connectivity index (χ4v) is 2.79. The highest BCUT2D eigenvalue weighted by molar-refractivity contribution is 5.38. The maximum absolute atomic E-state index is 8.71. The lowest BCUT2D eigenvalue weighted by Gasteiger charge is -2.35. The van der Waals surface area contributed by atoms with E-state index >= 15 is 0 Å². The van der Waals surface area contributed by atoms with Gasteiger partial charge in [0, 0.05) is 25.3 Å². The largest absolute Gasteiger partial charge is 0.373 e. The zero-order valence-corrected chi connectivity index (χ0v) is 10.9. The predicted molar refractivity (Wildman–Crippen MR) is 71.8 cm³/mol. The smallest absolute Gasteiger partial charge is 0.126 e. The average Bonchev–Trinajstić information content (AvgIpc) is 2.93. The average molecular weight is 258 g/mol. The Morgan fingerprint density at radius 3 is 3.26 bits per heavy atom. The fourth-order valence-electron chi connectivity index (χ4n) is 2.79. The molecule has 0 aromatic carbocycles. The summed E-state index contributed by atoms with van der Waals surface area (Å²) in [5.41, 5.74) is 0.583. The van der Waals surface area contributed by atoms with Gasteiger partial charge in [0.05, 0.1) is 18.3 Å². The van der Waals surface area contributed by atoms with Gasteiger partial charge in [0.15, 0.2) is 0 Å². The van der Waals surface area contributed by atoms with Crippen molar-refractivity contribution in [2.24, 2.45) is 0 Å². The van der Waals surface area contributed by atoms with E-state index in [2.05, 4.69) is 21.3 Å². The first-order chi connectivity index (χ1) is 9.35. The first-order valence-electron chi connectivity index (χ1n) is 6.81. The van der Waals surface area contributed by atoms with Crippen molar-refractivity contribution >= 4 is 5.82 Å². The normalized spacial score (nSPS) is 26.7. The van der Waals surface area contributed by atoms with Crippen LogP contribution in [0.2, 0.25) is 0 Å². The number of anilines is 1. The van der Waals surface area contributed by atoms with E-state index in [1.165, 1.54) is 19.4 Å². The van der Waals surface area contributed by atoms with Crippen LogP contribution in [-0.4, -0.2) is 48.3 Å². The van der Waals surface area contributed by atoms with Crippen LogP contribution in [0.5, 0.6) is 0 Å². The molecule has 0 amide bonds. The third-order valence-electron chi connectivity index (χ3n) is 3.86. The molecule has 0 aliphatic carbocycles. The molecule has 2 fully saturated rings. The minimum atomic E-state index is 0.229. The SMILES string of the molecule is N#Cc1ccc(NCC2CN3CCCC3CO2)nc1. The van der Waals surface area contributed by atoms with Gasteiger partial charge in [-0.05, 0) is 31.5 Å². The summed E-state index contributed by atoms with van der Waals surface area (Å²) in [7, 11) is 0. The highest BCUT2D eigenvalue weighted by atomic mass is 16.5. The molecule has 1 aromatic rings. The lowest BCUT2D eigenvalue weighted by atomic mass is 10.2. The second kappa shape index (κ2) is 5.55. The molecule has 0 radical (unpaired) electrons. The van der Waals surface area contributed by atoms with Gasteiger partial charge in [0.2, 0.25) is 0 Å². The minimum absolute atomic E-state index is 0.229. The third kappa shape index (κ3) is 2.86. The number of hydrogen-bond donors (Lipinski definition) is 1. The van der Waals surface area contributed by atoms with Crippen LogP contribution in [0.1, 0.15) is 18.4 Å². The Kier molecular flexibility index (Phi) is 3.62. The lowest BCUT2D eigenvalue weighted by Crippen LogP contribution is -2.48. The van der Waals surface area contributed by atoms with Crippen molar-refractivity contribution in [3.63, 3.8) is 0 Å². The molecular formula is C14H18N4O. The van der Waals surface area contributed by atoms with E-state index in [0.717, 1.165) is 25.5 Å². The van der Waals surface area contributed by atoms with Gasteiger partial charge < -0.3 is 10.1 Å². The Balaban J connectivity index is 1.50. The van der Waals surface area contributed by atoms with Crippen LogP contribution >= 0.6 is 0 Å². The minimum Gasteiger partial charge on any atom is -0.373 e. The monoisotopic (exact) mass is 258 g/mol. The quantitative estimate of drug-likeness (QED) is 0.883. The number of morpholine rings is 1. The van der Waals surface area contributed by atoms with E-state index < -0.39 is 0 Å². The Hall–Kier alpha value is -1.64. The summed E-state index contributed by atoms with van der Waals surface area (Å²) in [6.45, 7) is 3.84. The Morgan fingerprint density at radius 2 is 2.47 bits per heavy atom. The van der Waals surface area contributed by atoms with Crippen LogP contribution < -0.4 is 5.32 Å². The van der Waals surface area contributed by atoms with Gasteiger partial charge in [-0.25, -0.2) is 4.98 Å². The maximum atomic E-state index is 8.71. The molecule has 0 saturated carbocycles. The second-order valence-corrected chi connectivity index (χ2v) is 5.17. The van der Waals surface area contributed by atoms with Gasteiger partial charge in [0.1, 0.15) is 11.9 Å². The molecule has 2 atom stereocenters. The van der Waals surface area contributed by atoms with Gasteiger partial charge in [-0.2, -0.15) is 5.26 Å². The van der Waals surface area contributed by atoms with Crippen molar-refractivity contribution in [2.75, 3.05) is 31.6 Å². The molecule has 1 aromatic heterocycles. The van der Waals surface area contributed by atoms with Gasteiger partial charge in [-0.3, -0.25) is 4.90 Å². The second-order valence-electron chi connectivity index (χ2n) is 5.17. The van der Waals surface area contributed by atoms with Crippen LogP contribution in [0.25, 0.3) is 0 Å². The molecule has 2 aliphatic heterocycles. The van der Waals surface area contributed by atoms with E-state index in [9.17, 15) is 0 Å². The van der Waals surface area contributed by atoms with Gasteiger partial charge >= 0.3 is 0 Å². The van der Waals surface area contributed by atoms with Crippen molar-refractivity contribution in [1.82, 2.24) is 9.88 Å². The fraction of sp³-hybridized carbons (Fsp3) is 0.571. The van der Waals surface area contributed by atoms with Gasteiger partial charge in [0.25, 0.3) is 0 Å². The summed E-state index contributed by atoms with van der Waals surface area (Å²) in [4.78, 5) is 6.73. The zero-order chi connectivity index (χ0) is 13.1. The van der Waals surface area contributed by atoms with E-state index in [4.69, 9.17) is 10.00 Å². The molecule has 0 spiro atoms. The Bertz CT molecular complexity index is 467. The van der Waals surface area contributed by atoms with Crippen molar-refractivity contribution in [3.8, 4) is 6.07 Å². The van der Waals surface area contributed by atoms with Gasteiger partial charge in [-0.15, -0.1) is 0 Å². The summed E-state index contributed by atoms with van der Waals surface area (Å²) in [5.74, 6) is 0.797. The van der Waals surface area contributed by atoms with E-state index in [1.807, 2.05) is 6.07 Å². The number of fused-ring (bicyclic) bond motifs is 1. The van der Waals surface area contributed by atoms with Crippen LogP contribution in [0.3, 0.4) is 0 Å². The third-order valence-corrected chi connectivity index (χ3v) is 3.86. The molecule has 5 nitrogen and oxygen atoms in total. The van der Waals surface area contributed by atoms with Crippen LogP contribution in [0.15, 0.2) is 18.3 Å². The van der Waals surface area contributed by atoms with E-state index in [-0.39, 0.29) is 6.10 Å². The number of nitrogens with one attached hydrogen (secondary N) is 1. The summed E-state index contributed by atoms with van der Waals surface area (Å²) >= 11 is 0. The lowest BCUT2D eigenvalue weighted by molar-refractivity contribution is -0.0416. The first kappa shape index (κ1) is 12.4. The topological polar surface area (TPSA) is 61.2 Å². The molecule has 3 heterocycles. The van der Waals surface area contributed by atoms with E-state index in [0.29, 0.717) is 11.6 Å². The summed E-state index contributed by atoms with van der Waals surface area (Å²) in [6.07, 6.45) is 4.38. The number of aromatic nitrogens is 1. The van der Waals surface area contributed by atoms with Gasteiger partial charge in [-0.1, -0.05) is 0 Å².